The molecule has 0 aromatic heterocycles. The minimum atomic E-state index is -0.436. The summed E-state index contributed by atoms with van der Waals surface area (Å²) >= 11 is 3.92. The van der Waals surface area contributed by atoms with Crippen molar-refractivity contribution in [2.75, 3.05) is 19.4 Å². The molecule has 0 saturated heterocycles. The molecule has 5 heteroatoms. The van der Waals surface area contributed by atoms with Crippen molar-refractivity contribution >= 4 is 24.4 Å². The van der Waals surface area contributed by atoms with Crippen molar-refractivity contribution in [3.05, 3.63) is 0 Å². The number of ether oxygens (including phenoxy) is 1. The van der Waals surface area contributed by atoms with Gasteiger partial charge in [0, 0.05) is 6.42 Å². The SMILES string of the molecule is COC(=O)[C@H](C)NCC(=O)CCS. The van der Waals surface area contributed by atoms with E-state index in [9.17, 15) is 9.59 Å². The van der Waals surface area contributed by atoms with Crippen molar-refractivity contribution in [2.24, 2.45) is 0 Å². The number of nitrogens with one attached hydrogen (secondary N) is 1. The van der Waals surface area contributed by atoms with Crippen LogP contribution in [-0.2, 0) is 14.3 Å². The summed E-state index contributed by atoms with van der Waals surface area (Å²) in [7, 11) is 1.32. The van der Waals surface area contributed by atoms with Gasteiger partial charge in [0.05, 0.1) is 13.7 Å². The van der Waals surface area contributed by atoms with Crippen LogP contribution >= 0.6 is 12.6 Å². The van der Waals surface area contributed by atoms with E-state index < -0.39 is 6.04 Å². The molecule has 0 aromatic rings. The highest BCUT2D eigenvalue weighted by Gasteiger charge is 2.12. The number of carbonyl (C=O) groups is 2. The Bertz CT molecular complexity index is 184. The Balaban J connectivity index is 3.63. The van der Waals surface area contributed by atoms with Crippen LogP contribution in [0.1, 0.15) is 13.3 Å². The van der Waals surface area contributed by atoms with Gasteiger partial charge in [-0.05, 0) is 12.7 Å². The average Bonchev–Trinajstić information content (AvgIpc) is 2.13. The number of thiol groups is 1. The fourth-order valence-corrected chi connectivity index (χ4v) is 0.990. The molecule has 0 aliphatic rings. The number of esters is 1. The third-order valence-corrected chi connectivity index (χ3v) is 1.77. The van der Waals surface area contributed by atoms with Crippen molar-refractivity contribution < 1.29 is 14.3 Å². The summed E-state index contributed by atoms with van der Waals surface area (Å²) < 4.78 is 4.48. The number of hydrogen-bond acceptors (Lipinski definition) is 5. The van der Waals surface area contributed by atoms with Gasteiger partial charge < -0.3 is 4.74 Å². The largest absolute Gasteiger partial charge is 0.468 e. The van der Waals surface area contributed by atoms with Gasteiger partial charge in [0.1, 0.15) is 11.8 Å². The zero-order valence-electron chi connectivity index (χ0n) is 7.87. The Morgan fingerprint density at radius 1 is 1.54 bits per heavy atom. The van der Waals surface area contributed by atoms with Crippen molar-refractivity contribution in [3.63, 3.8) is 0 Å². The fourth-order valence-electron chi connectivity index (χ4n) is 0.740. The van der Waals surface area contributed by atoms with Gasteiger partial charge in [0.25, 0.3) is 0 Å². The van der Waals surface area contributed by atoms with Crippen molar-refractivity contribution in [3.8, 4) is 0 Å². The van der Waals surface area contributed by atoms with Gasteiger partial charge in [-0.3, -0.25) is 14.9 Å². The highest BCUT2D eigenvalue weighted by Crippen LogP contribution is 1.88. The summed E-state index contributed by atoms with van der Waals surface area (Å²) in [5, 5.41) is 2.76. The Morgan fingerprint density at radius 2 is 2.15 bits per heavy atom. The van der Waals surface area contributed by atoms with Crippen LogP contribution in [-0.4, -0.2) is 37.2 Å². The summed E-state index contributed by atoms with van der Waals surface area (Å²) in [5.41, 5.74) is 0. The molecule has 0 unspecified atom stereocenters. The summed E-state index contributed by atoms with van der Waals surface area (Å²) in [6, 6.07) is -0.436. The van der Waals surface area contributed by atoms with Crippen LogP contribution in [0, 0.1) is 0 Å². The van der Waals surface area contributed by atoms with E-state index in [1.807, 2.05) is 0 Å². The molecule has 0 aliphatic heterocycles. The molecular weight excluding hydrogens is 190 g/mol. The standard InChI is InChI=1S/C8H15NO3S/c1-6(8(11)12-2)9-5-7(10)3-4-13/h6,9,13H,3-5H2,1-2H3/t6-/m0/s1. The molecule has 76 valence electrons. The molecule has 0 heterocycles. The van der Waals surface area contributed by atoms with Gasteiger partial charge in [0.15, 0.2) is 0 Å². The normalized spacial score (nSPS) is 12.2. The maximum absolute atomic E-state index is 11.0. The van der Waals surface area contributed by atoms with Gasteiger partial charge in [-0.25, -0.2) is 0 Å². The zero-order chi connectivity index (χ0) is 10.3. The van der Waals surface area contributed by atoms with E-state index in [0.29, 0.717) is 12.2 Å². The molecule has 0 bridgehead atoms. The number of rotatable bonds is 6. The molecule has 0 amide bonds. The van der Waals surface area contributed by atoms with E-state index >= 15 is 0 Å². The van der Waals surface area contributed by atoms with Gasteiger partial charge in [-0.2, -0.15) is 12.6 Å². The highest BCUT2D eigenvalue weighted by molar-refractivity contribution is 7.80. The molecule has 0 aliphatic carbocycles. The molecule has 0 saturated carbocycles. The van der Waals surface area contributed by atoms with Gasteiger partial charge in [-0.15, -0.1) is 0 Å². The maximum atomic E-state index is 11.0. The van der Waals surface area contributed by atoms with E-state index in [1.54, 1.807) is 6.92 Å². The monoisotopic (exact) mass is 205 g/mol. The van der Waals surface area contributed by atoms with E-state index in [2.05, 4.69) is 22.7 Å². The summed E-state index contributed by atoms with van der Waals surface area (Å²) in [5.74, 6) is 0.219. The van der Waals surface area contributed by atoms with E-state index in [-0.39, 0.29) is 18.3 Å². The van der Waals surface area contributed by atoms with Crippen molar-refractivity contribution in [1.29, 1.82) is 0 Å². The van der Waals surface area contributed by atoms with Crippen LogP contribution in [0.15, 0.2) is 0 Å². The van der Waals surface area contributed by atoms with E-state index in [0.717, 1.165) is 0 Å². The molecule has 1 atom stereocenters. The number of Topliss-reactive ketones (excluding diaryl/α,β-unsaturated/α-hetero) is 1. The Hall–Kier alpha value is -0.550. The topological polar surface area (TPSA) is 55.4 Å². The molecule has 4 nitrogen and oxygen atoms in total. The number of carbonyl (C=O) groups excluding carboxylic acids is 2. The van der Waals surface area contributed by atoms with Crippen LogP contribution in [0.3, 0.4) is 0 Å². The Morgan fingerprint density at radius 3 is 2.62 bits per heavy atom. The van der Waals surface area contributed by atoms with Crippen molar-refractivity contribution in [2.45, 2.75) is 19.4 Å². The quantitative estimate of drug-likeness (QED) is 0.474. The van der Waals surface area contributed by atoms with E-state index in [4.69, 9.17) is 0 Å². The molecule has 0 aromatic carbocycles. The third kappa shape index (κ3) is 5.65. The molecular formula is C8H15NO3S. The van der Waals surface area contributed by atoms with Gasteiger partial charge in [-0.1, -0.05) is 0 Å². The second-order valence-corrected chi connectivity index (χ2v) is 3.09. The predicted octanol–water partition coefficient (Wildman–Crippen LogP) is 0.0265. The summed E-state index contributed by atoms with van der Waals surface area (Å²) in [6.07, 6.45) is 0.421. The molecule has 1 N–H and O–H groups in total. The molecule has 0 radical (unpaired) electrons. The molecule has 0 fully saturated rings. The van der Waals surface area contributed by atoms with Gasteiger partial charge in [0.2, 0.25) is 0 Å². The highest BCUT2D eigenvalue weighted by atomic mass is 32.1. The Kier molecular flexibility index (Phi) is 6.62. The first-order valence-electron chi connectivity index (χ1n) is 4.05. The second kappa shape index (κ2) is 6.91. The van der Waals surface area contributed by atoms with Crippen LogP contribution in [0.4, 0.5) is 0 Å². The lowest BCUT2D eigenvalue weighted by atomic mass is 10.3. The average molecular weight is 205 g/mol. The van der Waals surface area contributed by atoms with Crippen LogP contribution in [0.5, 0.6) is 0 Å². The lowest BCUT2D eigenvalue weighted by Crippen LogP contribution is -2.38. The lowest BCUT2D eigenvalue weighted by Gasteiger charge is -2.09. The second-order valence-electron chi connectivity index (χ2n) is 2.64. The first kappa shape index (κ1) is 12.4. The minimum Gasteiger partial charge on any atom is -0.468 e. The smallest absolute Gasteiger partial charge is 0.322 e. The van der Waals surface area contributed by atoms with Crippen LogP contribution < -0.4 is 5.32 Å². The molecule has 13 heavy (non-hydrogen) atoms. The van der Waals surface area contributed by atoms with Gasteiger partial charge >= 0.3 is 5.97 Å². The third-order valence-electron chi connectivity index (χ3n) is 1.55. The minimum absolute atomic E-state index is 0.0470. The maximum Gasteiger partial charge on any atom is 0.322 e. The van der Waals surface area contributed by atoms with Crippen molar-refractivity contribution in [1.82, 2.24) is 5.32 Å². The number of ketones is 1. The number of methoxy groups -OCH3 is 1. The summed E-state index contributed by atoms with van der Waals surface area (Å²) in [4.78, 5) is 21.9. The Labute approximate surface area is 83.4 Å². The summed E-state index contributed by atoms with van der Waals surface area (Å²) in [6.45, 7) is 1.84. The molecule has 0 spiro atoms. The molecule has 0 rings (SSSR count). The number of hydrogen-bond donors (Lipinski definition) is 2. The first-order chi connectivity index (χ1) is 6.11. The van der Waals surface area contributed by atoms with Crippen LogP contribution in [0.25, 0.3) is 0 Å². The lowest BCUT2D eigenvalue weighted by molar-refractivity contribution is -0.142. The fraction of sp³-hybridized carbons (Fsp3) is 0.750. The van der Waals surface area contributed by atoms with Crippen LogP contribution in [0.2, 0.25) is 0 Å². The first-order valence-corrected chi connectivity index (χ1v) is 4.68. The van der Waals surface area contributed by atoms with E-state index in [1.165, 1.54) is 7.11 Å². The predicted molar refractivity (Wildman–Crippen MR) is 53.0 cm³/mol. The zero-order valence-corrected chi connectivity index (χ0v) is 8.77.